The lowest BCUT2D eigenvalue weighted by molar-refractivity contribution is -0.385. The molecule has 1 aromatic rings. The molecule has 0 aromatic heterocycles. The zero-order chi connectivity index (χ0) is 14.8. The Morgan fingerprint density at radius 2 is 2.05 bits per heavy atom. The van der Waals surface area contributed by atoms with E-state index in [2.05, 4.69) is 15.9 Å². The normalized spacial score (nSPS) is 10.9. The Labute approximate surface area is 112 Å². The molecule has 0 N–H and O–H groups in total. The Bertz CT molecular complexity index is 593. The number of Topliss-reactive ketones (excluding diaryl/α,β-unsaturated/α-hetero) is 1. The Morgan fingerprint density at radius 1 is 1.47 bits per heavy atom. The van der Waals surface area contributed by atoms with Gasteiger partial charge >= 0.3 is 6.18 Å². The van der Waals surface area contributed by atoms with Crippen LogP contribution in [0.3, 0.4) is 0 Å². The van der Waals surface area contributed by atoms with Crippen LogP contribution in [0.5, 0.6) is 0 Å². The zero-order valence-corrected chi connectivity index (χ0v) is 10.6. The molecule has 0 aliphatic rings. The molecule has 0 radical (unpaired) electrons. The van der Waals surface area contributed by atoms with Gasteiger partial charge in [-0.25, -0.2) is 0 Å². The first-order chi connectivity index (χ1) is 8.72. The molecule has 0 aliphatic heterocycles. The minimum absolute atomic E-state index is 0.240. The average Bonchev–Trinajstić information content (AvgIpc) is 2.34. The highest BCUT2D eigenvalue weighted by atomic mass is 79.9. The van der Waals surface area contributed by atoms with Crippen molar-refractivity contribution in [3.63, 3.8) is 0 Å². The second-order valence-corrected chi connectivity index (χ2v) is 3.90. The van der Waals surface area contributed by atoms with Crippen molar-refractivity contribution >= 4 is 27.4 Å². The second-order valence-electron chi connectivity index (χ2n) is 3.34. The quantitative estimate of drug-likeness (QED) is 0.367. The number of hydrogen-bond acceptors (Lipinski definition) is 4. The van der Waals surface area contributed by atoms with Crippen LogP contribution in [0.2, 0.25) is 0 Å². The predicted octanol–water partition coefficient (Wildman–Crippen LogP) is 3.06. The number of carbonyl (C=O) groups is 1. The third kappa shape index (κ3) is 3.08. The maximum atomic E-state index is 12.7. The van der Waals surface area contributed by atoms with Crippen molar-refractivity contribution in [2.45, 2.75) is 6.18 Å². The van der Waals surface area contributed by atoms with Crippen LogP contribution in [-0.4, -0.2) is 16.0 Å². The van der Waals surface area contributed by atoms with Crippen LogP contribution < -0.4 is 0 Å². The molecule has 0 bridgehead atoms. The third-order valence-electron chi connectivity index (χ3n) is 2.17. The summed E-state index contributed by atoms with van der Waals surface area (Å²) in [4.78, 5) is 21.0. The molecule has 1 aromatic carbocycles. The minimum atomic E-state index is -4.96. The minimum Gasteiger partial charge on any atom is -0.293 e. The molecule has 100 valence electrons. The summed E-state index contributed by atoms with van der Waals surface area (Å²) in [6.45, 7) is 0. The van der Waals surface area contributed by atoms with E-state index in [-0.39, 0.29) is 11.4 Å². The highest BCUT2D eigenvalue weighted by Gasteiger charge is 2.37. The van der Waals surface area contributed by atoms with Crippen LogP contribution in [0, 0.1) is 21.4 Å². The van der Waals surface area contributed by atoms with E-state index in [9.17, 15) is 28.1 Å². The molecule has 5 nitrogen and oxygen atoms in total. The summed E-state index contributed by atoms with van der Waals surface area (Å²) in [6.07, 6.45) is -4.96. The smallest absolute Gasteiger partial charge is 0.293 e. The number of ketones is 1. The Morgan fingerprint density at radius 3 is 2.42 bits per heavy atom. The number of hydrogen-bond donors (Lipinski definition) is 0. The molecule has 0 unspecified atom stereocenters. The van der Waals surface area contributed by atoms with Crippen molar-refractivity contribution in [1.82, 2.24) is 0 Å². The number of rotatable bonds is 3. The van der Waals surface area contributed by atoms with Crippen LogP contribution in [-0.2, 0) is 6.18 Å². The van der Waals surface area contributed by atoms with E-state index < -0.39 is 39.3 Å². The summed E-state index contributed by atoms with van der Waals surface area (Å²) in [7, 11) is 0. The second kappa shape index (κ2) is 5.36. The van der Waals surface area contributed by atoms with E-state index in [0.29, 0.717) is 6.07 Å². The van der Waals surface area contributed by atoms with Gasteiger partial charge in [-0.1, -0.05) is 15.9 Å². The topological polar surface area (TPSA) is 84.0 Å². The summed E-state index contributed by atoms with van der Waals surface area (Å²) in [5.74, 6) is -0.842. The number of nitriles is 1. The van der Waals surface area contributed by atoms with Gasteiger partial charge in [0.2, 0.25) is 0 Å². The molecule has 0 aliphatic carbocycles. The van der Waals surface area contributed by atoms with Gasteiger partial charge in [0.15, 0.2) is 5.78 Å². The van der Waals surface area contributed by atoms with Gasteiger partial charge in [0.25, 0.3) is 5.69 Å². The van der Waals surface area contributed by atoms with Gasteiger partial charge in [0.05, 0.1) is 21.4 Å². The van der Waals surface area contributed by atoms with Gasteiger partial charge in [0, 0.05) is 17.7 Å². The Balaban J connectivity index is 3.72. The maximum Gasteiger partial charge on any atom is 0.417 e. The van der Waals surface area contributed by atoms with Crippen molar-refractivity contribution in [2.75, 3.05) is 5.33 Å². The number of benzene rings is 1. The van der Waals surface area contributed by atoms with E-state index in [1.54, 1.807) is 0 Å². The summed E-state index contributed by atoms with van der Waals surface area (Å²) in [5, 5.41) is 19.0. The Hall–Kier alpha value is -1.95. The van der Waals surface area contributed by atoms with Crippen LogP contribution in [0.25, 0.3) is 0 Å². The van der Waals surface area contributed by atoms with Gasteiger partial charge in [-0.15, -0.1) is 0 Å². The van der Waals surface area contributed by atoms with Gasteiger partial charge in [-0.3, -0.25) is 14.9 Å². The molecule has 0 fully saturated rings. The van der Waals surface area contributed by atoms with Crippen LogP contribution >= 0.6 is 15.9 Å². The predicted molar refractivity (Wildman–Crippen MR) is 60.9 cm³/mol. The SMILES string of the molecule is N#Cc1c(C(=O)CBr)cc([N+](=O)[O-])cc1C(F)(F)F. The number of halogens is 4. The van der Waals surface area contributed by atoms with Crippen molar-refractivity contribution < 1.29 is 22.9 Å². The summed E-state index contributed by atoms with van der Waals surface area (Å²) >= 11 is 2.74. The van der Waals surface area contributed by atoms with Crippen LogP contribution in [0.15, 0.2) is 12.1 Å². The number of nitro benzene ring substituents is 1. The van der Waals surface area contributed by atoms with Crippen molar-refractivity contribution in [2.24, 2.45) is 0 Å². The summed E-state index contributed by atoms with van der Waals surface area (Å²) in [6, 6.07) is 2.17. The molecule has 1 rings (SSSR count). The largest absolute Gasteiger partial charge is 0.417 e. The molecule has 0 spiro atoms. The van der Waals surface area contributed by atoms with Crippen molar-refractivity contribution in [3.8, 4) is 6.07 Å². The summed E-state index contributed by atoms with van der Waals surface area (Å²) < 4.78 is 38.2. The summed E-state index contributed by atoms with van der Waals surface area (Å²) in [5.41, 5.74) is -3.92. The van der Waals surface area contributed by atoms with Gasteiger partial charge in [-0.05, 0) is 0 Å². The number of nitrogens with zero attached hydrogens (tertiary/aromatic N) is 2. The molecule has 19 heavy (non-hydrogen) atoms. The lowest BCUT2D eigenvalue weighted by Gasteiger charge is -2.11. The third-order valence-corrected chi connectivity index (χ3v) is 2.68. The maximum absolute atomic E-state index is 12.7. The molecule has 0 atom stereocenters. The van der Waals surface area contributed by atoms with Crippen molar-refractivity contribution in [1.29, 1.82) is 5.26 Å². The molecule has 0 saturated carbocycles. The molecule has 0 heterocycles. The van der Waals surface area contributed by atoms with E-state index in [0.717, 1.165) is 0 Å². The first-order valence-electron chi connectivity index (χ1n) is 4.61. The van der Waals surface area contributed by atoms with Crippen LogP contribution in [0.1, 0.15) is 21.5 Å². The highest BCUT2D eigenvalue weighted by Crippen LogP contribution is 2.36. The molecule has 0 amide bonds. The number of nitro groups is 1. The number of non-ortho nitro benzene ring substituents is 1. The fraction of sp³-hybridized carbons (Fsp3) is 0.200. The number of alkyl halides is 4. The molecular weight excluding hydrogens is 333 g/mol. The first kappa shape index (κ1) is 15.1. The van der Waals surface area contributed by atoms with Gasteiger partial charge < -0.3 is 0 Å². The zero-order valence-electron chi connectivity index (χ0n) is 8.99. The fourth-order valence-corrected chi connectivity index (χ4v) is 1.67. The number of carbonyl (C=O) groups excluding carboxylic acids is 1. The van der Waals surface area contributed by atoms with E-state index in [4.69, 9.17) is 5.26 Å². The molecule has 9 heteroatoms. The lowest BCUT2D eigenvalue weighted by atomic mass is 9.98. The lowest BCUT2D eigenvalue weighted by Crippen LogP contribution is -2.14. The standard InChI is InChI=1S/C10H4BrF3N2O3/c11-3-9(17)6-1-5(16(18)19)2-8(7(6)4-15)10(12,13)14/h1-2H,3H2. The van der Waals surface area contributed by atoms with Crippen molar-refractivity contribution in [3.05, 3.63) is 38.9 Å². The van der Waals surface area contributed by atoms with E-state index >= 15 is 0 Å². The molecule has 0 saturated heterocycles. The Kier molecular flexibility index (Phi) is 4.26. The van der Waals surface area contributed by atoms with Gasteiger partial charge in [0.1, 0.15) is 6.07 Å². The monoisotopic (exact) mass is 336 g/mol. The average molecular weight is 337 g/mol. The van der Waals surface area contributed by atoms with Gasteiger partial charge in [-0.2, -0.15) is 18.4 Å². The van der Waals surface area contributed by atoms with E-state index in [1.165, 1.54) is 6.07 Å². The van der Waals surface area contributed by atoms with E-state index in [1.807, 2.05) is 0 Å². The van der Waals surface area contributed by atoms with Crippen LogP contribution in [0.4, 0.5) is 18.9 Å². The highest BCUT2D eigenvalue weighted by molar-refractivity contribution is 9.09. The first-order valence-corrected chi connectivity index (χ1v) is 5.73. The molecular formula is C10H4BrF3N2O3. The fourth-order valence-electron chi connectivity index (χ4n) is 1.37.